The van der Waals surface area contributed by atoms with Gasteiger partial charge >= 0.3 is 12.1 Å². The number of carbonyl (C=O) groups is 3. The maximum absolute atomic E-state index is 13.0. The van der Waals surface area contributed by atoms with Crippen LogP contribution in [0.5, 0.6) is 0 Å². The highest BCUT2D eigenvalue weighted by molar-refractivity contribution is 5.89. The Kier molecular flexibility index (Phi) is 7.38. The first-order valence-corrected chi connectivity index (χ1v) is 10.9. The first-order chi connectivity index (χ1) is 15.6. The summed E-state index contributed by atoms with van der Waals surface area (Å²) in [7, 11) is 0. The Labute approximate surface area is 193 Å². The number of fused-ring (bicyclic) bond motifs is 3. The monoisotopic (exact) mass is 454 g/mol. The lowest BCUT2D eigenvalue weighted by molar-refractivity contribution is -0.145. The van der Waals surface area contributed by atoms with Crippen molar-refractivity contribution >= 4 is 18.0 Å². The van der Waals surface area contributed by atoms with Crippen LogP contribution in [-0.4, -0.2) is 64.4 Å². The molecule has 3 rings (SSSR count). The van der Waals surface area contributed by atoms with E-state index >= 15 is 0 Å². The predicted octanol–water partition coefficient (Wildman–Crippen LogP) is 2.99. The van der Waals surface area contributed by atoms with Gasteiger partial charge in [-0.3, -0.25) is 9.59 Å². The summed E-state index contributed by atoms with van der Waals surface area (Å²) in [6.07, 6.45) is -1.46. The molecular formula is C25H30N2O6. The van der Waals surface area contributed by atoms with Crippen molar-refractivity contribution < 1.29 is 29.3 Å². The Morgan fingerprint density at radius 2 is 1.58 bits per heavy atom. The molecule has 176 valence electrons. The van der Waals surface area contributed by atoms with Crippen LogP contribution in [0.15, 0.2) is 48.5 Å². The largest absolute Gasteiger partial charge is 0.481 e. The lowest BCUT2D eigenvalue weighted by Crippen LogP contribution is -2.56. The smallest absolute Gasteiger partial charge is 0.407 e. The summed E-state index contributed by atoms with van der Waals surface area (Å²) < 4.78 is 5.46. The van der Waals surface area contributed by atoms with E-state index in [0.29, 0.717) is 0 Å². The quantitative estimate of drug-likeness (QED) is 0.565. The molecule has 2 amide bonds. The number of alkyl carbamates (subject to hydrolysis) is 1. The Morgan fingerprint density at radius 1 is 1.03 bits per heavy atom. The second kappa shape index (κ2) is 10.0. The number of aliphatic hydroxyl groups excluding tert-OH is 1. The van der Waals surface area contributed by atoms with Gasteiger partial charge in [0.05, 0.1) is 13.0 Å². The van der Waals surface area contributed by atoms with Crippen molar-refractivity contribution in [3.63, 3.8) is 0 Å². The third-order valence-electron chi connectivity index (χ3n) is 5.71. The zero-order chi connectivity index (χ0) is 24.2. The molecule has 0 saturated heterocycles. The van der Waals surface area contributed by atoms with E-state index in [1.54, 1.807) is 20.8 Å². The van der Waals surface area contributed by atoms with Crippen molar-refractivity contribution in [2.24, 2.45) is 0 Å². The number of aliphatic hydroxyl groups is 1. The fourth-order valence-corrected chi connectivity index (χ4v) is 4.22. The van der Waals surface area contributed by atoms with Crippen LogP contribution in [0.3, 0.4) is 0 Å². The van der Waals surface area contributed by atoms with Crippen LogP contribution in [0.4, 0.5) is 4.79 Å². The number of hydrogen-bond donors (Lipinski definition) is 3. The van der Waals surface area contributed by atoms with Gasteiger partial charge in [-0.05, 0) is 43.0 Å². The van der Waals surface area contributed by atoms with E-state index in [1.807, 2.05) is 48.5 Å². The van der Waals surface area contributed by atoms with Crippen LogP contribution in [0.2, 0.25) is 0 Å². The highest BCUT2D eigenvalue weighted by Gasteiger charge is 2.35. The average molecular weight is 455 g/mol. The van der Waals surface area contributed by atoms with Crippen molar-refractivity contribution in [1.29, 1.82) is 0 Å². The van der Waals surface area contributed by atoms with Gasteiger partial charge in [0.15, 0.2) is 0 Å². The minimum Gasteiger partial charge on any atom is -0.481 e. The summed E-state index contributed by atoms with van der Waals surface area (Å²) in [5.41, 5.74) is 3.61. The Hall–Kier alpha value is -3.39. The van der Waals surface area contributed by atoms with Crippen molar-refractivity contribution in [1.82, 2.24) is 10.2 Å². The van der Waals surface area contributed by atoms with E-state index in [9.17, 15) is 24.6 Å². The van der Waals surface area contributed by atoms with E-state index in [-0.39, 0.29) is 25.7 Å². The van der Waals surface area contributed by atoms with Crippen LogP contribution in [0.1, 0.15) is 44.2 Å². The molecule has 0 aromatic heterocycles. The molecule has 0 fully saturated rings. The van der Waals surface area contributed by atoms with Gasteiger partial charge in [0.25, 0.3) is 0 Å². The van der Waals surface area contributed by atoms with E-state index in [4.69, 9.17) is 4.74 Å². The van der Waals surface area contributed by atoms with Gasteiger partial charge in [-0.1, -0.05) is 48.5 Å². The van der Waals surface area contributed by atoms with E-state index < -0.39 is 36.0 Å². The molecule has 0 radical (unpaired) electrons. The minimum atomic E-state index is -1.32. The van der Waals surface area contributed by atoms with Crippen molar-refractivity contribution in [2.75, 3.05) is 19.8 Å². The number of hydrogen-bond acceptors (Lipinski definition) is 5. The molecule has 8 nitrogen and oxygen atoms in total. The van der Waals surface area contributed by atoms with Crippen molar-refractivity contribution in [3.8, 4) is 11.1 Å². The summed E-state index contributed by atoms with van der Waals surface area (Å²) in [6.45, 7) is 5.09. The predicted molar refractivity (Wildman–Crippen MR) is 123 cm³/mol. The zero-order valence-electron chi connectivity index (χ0n) is 19.1. The SMILES string of the molecule is CC(C)(C)N(CCO)C(=O)C(CC(=O)O)NC(=O)OCC1c2ccccc2-c2ccccc21. The summed E-state index contributed by atoms with van der Waals surface area (Å²) in [5, 5.41) is 21.0. The molecule has 1 aliphatic rings. The Balaban J connectivity index is 1.72. The normalized spacial score (nSPS) is 13.6. The molecule has 1 atom stereocenters. The van der Waals surface area contributed by atoms with Crippen LogP contribution >= 0.6 is 0 Å². The molecule has 0 bridgehead atoms. The van der Waals surface area contributed by atoms with Crippen LogP contribution in [0.25, 0.3) is 11.1 Å². The van der Waals surface area contributed by atoms with Gasteiger partial charge in [-0.2, -0.15) is 0 Å². The number of amides is 2. The lowest BCUT2D eigenvalue weighted by atomic mass is 9.98. The van der Waals surface area contributed by atoms with Gasteiger partial charge in [-0.25, -0.2) is 4.79 Å². The molecule has 0 spiro atoms. The van der Waals surface area contributed by atoms with Crippen LogP contribution in [-0.2, 0) is 14.3 Å². The molecule has 8 heteroatoms. The number of rotatable bonds is 8. The summed E-state index contributed by atoms with van der Waals surface area (Å²) in [4.78, 5) is 38.3. The van der Waals surface area contributed by atoms with Crippen molar-refractivity contribution in [2.45, 2.75) is 44.7 Å². The average Bonchev–Trinajstić information content (AvgIpc) is 3.08. The molecule has 3 N–H and O–H groups in total. The zero-order valence-corrected chi connectivity index (χ0v) is 19.1. The van der Waals surface area contributed by atoms with E-state index in [2.05, 4.69) is 5.32 Å². The molecule has 33 heavy (non-hydrogen) atoms. The molecule has 0 aliphatic heterocycles. The highest BCUT2D eigenvalue weighted by Crippen LogP contribution is 2.44. The fourth-order valence-electron chi connectivity index (χ4n) is 4.22. The van der Waals surface area contributed by atoms with Gasteiger partial charge < -0.3 is 25.2 Å². The number of nitrogens with zero attached hydrogens (tertiary/aromatic N) is 1. The molecular weight excluding hydrogens is 424 g/mol. The second-order valence-corrected chi connectivity index (χ2v) is 9.00. The number of carbonyl (C=O) groups excluding carboxylic acids is 2. The first-order valence-electron chi connectivity index (χ1n) is 10.9. The highest BCUT2D eigenvalue weighted by atomic mass is 16.5. The molecule has 2 aromatic carbocycles. The summed E-state index contributed by atoms with van der Waals surface area (Å²) in [5.74, 6) is -1.98. The number of nitrogens with one attached hydrogen (secondary N) is 1. The number of benzene rings is 2. The molecule has 1 aliphatic carbocycles. The fraction of sp³-hybridized carbons (Fsp3) is 0.400. The number of carboxylic acid groups (broad SMARTS) is 1. The summed E-state index contributed by atoms with van der Waals surface area (Å²) >= 11 is 0. The lowest BCUT2D eigenvalue weighted by Gasteiger charge is -2.37. The molecule has 0 saturated carbocycles. The standard InChI is InChI=1S/C25H30N2O6/c1-25(2,3)27(12-13-28)23(31)21(14-22(29)30)26-24(32)33-15-20-18-10-6-4-8-16(18)17-9-5-7-11-19(17)20/h4-11,20-21,28H,12-15H2,1-3H3,(H,26,32)(H,29,30). The second-order valence-electron chi connectivity index (χ2n) is 9.00. The third kappa shape index (κ3) is 5.51. The van der Waals surface area contributed by atoms with Crippen molar-refractivity contribution in [3.05, 3.63) is 59.7 Å². The first kappa shape index (κ1) is 24.3. The number of carboxylic acids is 1. The molecule has 1 unspecified atom stereocenters. The molecule has 0 heterocycles. The van der Waals surface area contributed by atoms with Gasteiger partial charge in [0.2, 0.25) is 5.91 Å². The number of ether oxygens (including phenoxy) is 1. The van der Waals surface area contributed by atoms with Gasteiger partial charge in [0.1, 0.15) is 12.6 Å². The van der Waals surface area contributed by atoms with Gasteiger partial charge in [-0.15, -0.1) is 0 Å². The van der Waals surface area contributed by atoms with Crippen LogP contribution < -0.4 is 5.32 Å². The minimum absolute atomic E-state index is 0.0187. The van der Waals surface area contributed by atoms with E-state index in [1.165, 1.54) is 4.90 Å². The Morgan fingerprint density at radius 3 is 2.06 bits per heavy atom. The maximum Gasteiger partial charge on any atom is 0.407 e. The number of β-amino-alcohol motifs (C(OH)–C–C–N with tert-alkyl or cyclic N) is 1. The maximum atomic E-state index is 13.0. The summed E-state index contributed by atoms with van der Waals surface area (Å²) in [6, 6.07) is 14.5. The Bertz CT molecular complexity index is 984. The van der Waals surface area contributed by atoms with E-state index in [0.717, 1.165) is 22.3 Å². The van der Waals surface area contributed by atoms with Gasteiger partial charge in [0, 0.05) is 18.0 Å². The number of aliphatic carboxylic acids is 1. The third-order valence-corrected chi connectivity index (χ3v) is 5.71. The topological polar surface area (TPSA) is 116 Å². The molecule has 2 aromatic rings. The van der Waals surface area contributed by atoms with Crippen LogP contribution in [0, 0.1) is 0 Å².